The first-order valence-corrected chi connectivity index (χ1v) is 7.33. The van der Waals surface area contributed by atoms with Crippen molar-refractivity contribution in [2.75, 3.05) is 27.2 Å². The normalized spacial score (nSPS) is 14.9. The van der Waals surface area contributed by atoms with Gasteiger partial charge in [0.1, 0.15) is 5.75 Å². The number of nitrogens with one attached hydrogen (secondary N) is 1. The molecule has 1 N–H and O–H groups in total. The quantitative estimate of drug-likeness (QED) is 0.692. The van der Waals surface area contributed by atoms with E-state index in [4.69, 9.17) is 4.74 Å². The summed E-state index contributed by atoms with van der Waals surface area (Å²) >= 11 is 0. The first-order valence-electron chi connectivity index (χ1n) is 7.33. The van der Waals surface area contributed by atoms with Crippen LogP contribution in [0.1, 0.15) is 31.2 Å². The second-order valence-electron chi connectivity index (χ2n) is 5.52. The molecule has 3 nitrogen and oxygen atoms in total. The second kappa shape index (κ2) is 7.51. The molecule has 1 aromatic carbocycles. The van der Waals surface area contributed by atoms with Crippen LogP contribution in [0.5, 0.6) is 5.75 Å². The molecule has 1 aliphatic rings. The molecule has 0 heterocycles. The second-order valence-corrected chi connectivity index (χ2v) is 5.52. The van der Waals surface area contributed by atoms with Gasteiger partial charge in [-0.1, -0.05) is 12.1 Å². The highest BCUT2D eigenvalue weighted by Gasteiger charge is 2.19. The lowest BCUT2D eigenvalue weighted by Gasteiger charge is -2.16. The van der Waals surface area contributed by atoms with Crippen LogP contribution < -0.4 is 10.1 Å². The Morgan fingerprint density at radius 1 is 1.21 bits per heavy atom. The Hall–Kier alpha value is -1.06. The Morgan fingerprint density at radius 3 is 2.58 bits per heavy atom. The van der Waals surface area contributed by atoms with E-state index in [9.17, 15) is 0 Å². The van der Waals surface area contributed by atoms with Gasteiger partial charge in [0.2, 0.25) is 0 Å². The molecule has 0 radical (unpaired) electrons. The number of benzene rings is 1. The zero-order chi connectivity index (χ0) is 13.5. The molecule has 106 valence electrons. The highest BCUT2D eigenvalue weighted by atomic mass is 16.5. The van der Waals surface area contributed by atoms with E-state index in [1.807, 2.05) is 12.1 Å². The summed E-state index contributed by atoms with van der Waals surface area (Å²) in [5.41, 5.74) is 1.35. The van der Waals surface area contributed by atoms with Crippen molar-refractivity contribution in [1.29, 1.82) is 0 Å². The summed E-state index contributed by atoms with van der Waals surface area (Å²) in [5, 5.41) is 3.56. The van der Waals surface area contributed by atoms with Gasteiger partial charge in [0.25, 0.3) is 0 Å². The van der Waals surface area contributed by atoms with Crippen molar-refractivity contribution in [3.63, 3.8) is 0 Å². The van der Waals surface area contributed by atoms with Crippen LogP contribution in [0.15, 0.2) is 24.3 Å². The van der Waals surface area contributed by atoms with E-state index in [0.29, 0.717) is 0 Å². The van der Waals surface area contributed by atoms with Crippen LogP contribution >= 0.6 is 0 Å². The first kappa shape index (κ1) is 14.4. The van der Waals surface area contributed by atoms with Crippen LogP contribution in [-0.2, 0) is 6.54 Å². The van der Waals surface area contributed by atoms with E-state index in [2.05, 4.69) is 29.4 Å². The predicted molar refractivity (Wildman–Crippen MR) is 79.6 cm³/mol. The third-order valence-electron chi connectivity index (χ3n) is 3.59. The zero-order valence-electron chi connectivity index (χ0n) is 12.2. The Labute approximate surface area is 116 Å². The lowest BCUT2D eigenvalue weighted by Crippen LogP contribution is -2.22. The predicted octanol–water partition coefficient (Wildman–Crippen LogP) is 2.66. The van der Waals surface area contributed by atoms with E-state index in [1.54, 1.807) is 7.11 Å². The molecule has 0 aromatic heterocycles. The van der Waals surface area contributed by atoms with Crippen LogP contribution in [0.2, 0.25) is 0 Å². The molecular weight excluding hydrogens is 236 g/mol. The first-order chi connectivity index (χ1) is 9.28. The van der Waals surface area contributed by atoms with E-state index >= 15 is 0 Å². The molecule has 1 saturated carbocycles. The maximum atomic E-state index is 5.17. The summed E-state index contributed by atoms with van der Waals surface area (Å²) in [7, 11) is 3.90. The van der Waals surface area contributed by atoms with Crippen molar-refractivity contribution >= 4 is 0 Å². The number of nitrogens with zero attached hydrogens (tertiary/aromatic N) is 1. The van der Waals surface area contributed by atoms with E-state index in [1.165, 1.54) is 44.3 Å². The summed E-state index contributed by atoms with van der Waals surface area (Å²) < 4.78 is 5.17. The highest BCUT2D eigenvalue weighted by molar-refractivity contribution is 5.26. The molecule has 0 spiro atoms. The largest absolute Gasteiger partial charge is 0.497 e. The number of rotatable bonds is 9. The number of unbranched alkanes of at least 4 members (excludes halogenated alkanes) is 1. The van der Waals surface area contributed by atoms with Gasteiger partial charge in [-0.3, -0.25) is 0 Å². The van der Waals surface area contributed by atoms with Crippen molar-refractivity contribution in [1.82, 2.24) is 10.2 Å². The van der Waals surface area contributed by atoms with Gasteiger partial charge in [-0.05, 0) is 63.5 Å². The molecule has 3 heteroatoms. The Morgan fingerprint density at radius 2 is 1.95 bits per heavy atom. The number of ether oxygens (including phenoxy) is 1. The van der Waals surface area contributed by atoms with Crippen molar-refractivity contribution in [3.8, 4) is 5.75 Å². The lowest BCUT2D eigenvalue weighted by atomic mass is 10.2. The molecule has 2 rings (SSSR count). The smallest absolute Gasteiger partial charge is 0.118 e. The maximum absolute atomic E-state index is 5.17. The monoisotopic (exact) mass is 262 g/mol. The van der Waals surface area contributed by atoms with Gasteiger partial charge in [-0.15, -0.1) is 0 Å². The summed E-state index contributed by atoms with van der Waals surface area (Å²) in [6.45, 7) is 3.36. The van der Waals surface area contributed by atoms with E-state index in [-0.39, 0.29) is 0 Å². The van der Waals surface area contributed by atoms with Gasteiger partial charge >= 0.3 is 0 Å². The van der Waals surface area contributed by atoms with Crippen LogP contribution in [0.3, 0.4) is 0 Å². The van der Waals surface area contributed by atoms with Crippen LogP contribution in [-0.4, -0.2) is 38.2 Å². The van der Waals surface area contributed by atoms with Gasteiger partial charge in [0.05, 0.1) is 7.11 Å². The fourth-order valence-corrected chi connectivity index (χ4v) is 2.22. The van der Waals surface area contributed by atoms with Crippen molar-refractivity contribution in [2.45, 2.75) is 38.3 Å². The topological polar surface area (TPSA) is 24.5 Å². The minimum Gasteiger partial charge on any atom is -0.497 e. The standard InChI is InChI=1S/C16H26N2O/c1-18(12-4-3-11-17-15-7-8-15)13-14-5-9-16(19-2)10-6-14/h5-6,9-10,15,17H,3-4,7-8,11-13H2,1-2H3. The van der Waals surface area contributed by atoms with Crippen LogP contribution in [0.4, 0.5) is 0 Å². The average molecular weight is 262 g/mol. The number of hydrogen-bond acceptors (Lipinski definition) is 3. The van der Waals surface area contributed by atoms with Gasteiger partial charge in [-0.2, -0.15) is 0 Å². The molecule has 1 fully saturated rings. The molecule has 1 aliphatic carbocycles. The number of hydrogen-bond donors (Lipinski definition) is 1. The minimum absolute atomic E-state index is 0.844. The molecule has 1 aromatic rings. The van der Waals surface area contributed by atoms with Crippen LogP contribution in [0.25, 0.3) is 0 Å². The third-order valence-corrected chi connectivity index (χ3v) is 3.59. The zero-order valence-corrected chi connectivity index (χ0v) is 12.2. The average Bonchev–Trinajstić information content (AvgIpc) is 3.23. The molecule has 0 bridgehead atoms. The van der Waals surface area contributed by atoms with Crippen LogP contribution in [0, 0.1) is 0 Å². The lowest BCUT2D eigenvalue weighted by molar-refractivity contribution is 0.317. The van der Waals surface area contributed by atoms with Gasteiger partial charge in [0.15, 0.2) is 0 Å². The highest BCUT2D eigenvalue weighted by Crippen LogP contribution is 2.18. The molecular formula is C16H26N2O. The number of methoxy groups -OCH3 is 1. The van der Waals surface area contributed by atoms with E-state index < -0.39 is 0 Å². The van der Waals surface area contributed by atoms with Gasteiger partial charge in [0, 0.05) is 12.6 Å². The SMILES string of the molecule is COc1ccc(CN(C)CCCCNC2CC2)cc1. The summed E-state index contributed by atoms with van der Waals surface area (Å²) in [6, 6.07) is 9.19. The third kappa shape index (κ3) is 5.62. The van der Waals surface area contributed by atoms with E-state index in [0.717, 1.165) is 18.3 Å². The summed E-state index contributed by atoms with van der Waals surface area (Å²) in [5.74, 6) is 0.928. The molecule has 0 amide bonds. The van der Waals surface area contributed by atoms with Crippen molar-refractivity contribution in [2.24, 2.45) is 0 Å². The molecule has 0 atom stereocenters. The molecule has 19 heavy (non-hydrogen) atoms. The molecule has 0 saturated heterocycles. The molecule has 0 unspecified atom stereocenters. The maximum Gasteiger partial charge on any atom is 0.118 e. The van der Waals surface area contributed by atoms with Crippen molar-refractivity contribution < 1.29 is 4.74 Å². The Kier molecular flexibility index (Phi) is 5.67. The fraction of sp³-hybridized carbons (Fsp3) is 0.625. The fourth-order valence-electron chi connectivity index (χ4n) is 2.22. The Balaban J connectivity index is 1.58. The minimum atomic E-state index is 0.844. The van der Waals surface area contributed by atoms with Gasteiger partial charge in [-0.25, -0.2) is 0 Å². The molecule has 0 aliphatic heterocycles. The van der Waals surface area contributed by atoms with Crippen molar-refractivity contribution in [3.05, 3.63) is 29.8 Å². The summed E-state index contributed by atoms with van der Waals surface area (Å²) in [6.07, 6.45) is 5.32. The summed E-state index contributed by atoms with van der Waals surface area (Å²) in [4.78, 5) is 2.39. The van der Waals surface area contributed by atoms with Gasteiger partial charge < -0.3 is 15.0 Å². The Bertz CT molecular complexity index is 360.